The van der Waals surface area contributed by atoms with Crippen LogP contribution in [-0.4, -0.2) is 29.6 Å². The van der Waals surface area contributed by atoms with Gasteiger partial charge in [0.15, 0.2) is 0 Å². The van der Waals surface area contributed by atoms with Gasteiger partial charge in [0.25, 0.3) is 0 Å². The smallest absolute Gasteiger partial charge is 0.0364 e. The van der Waals surface area contributed by atoms with Gasteiger partial charge in [-0.15, -0.1) is 11.8 Å². The summed E-state index contributed by atoms with van der Waals surface area (Å²) in [5.41, 5.74) is 6.58. The lowest BCUT2D eigenvalue weighted by molar-refractivity contribution is 0.0784. The molecule has 0 aromatic carbocycles. The molecule has 0 bridgehead atoms. The van der Waals surface area contributed by atoms with E-state index in [0.717, 1.165) is 19.3 Å². The first kappa shape index (κ1) is 13.5. The van der Waals surface area contributed by atoms with E-state index in [1.165, 1.54) is 25.9 Å². The third kappa shape index (κ3) is 2.59. The maximum absolute atomic E-state index is 6.40. The summed E-state index contributed by atoms with van der Waals surface area (Å²) in [6, 6.07) is 0.188. The van der Waals surface area contributed by atoms with Gasteiger partial charge in [0.05, 0.1) is 0 Å². The van der Waals surface area contributed by atoms with E-state index in [9.17, 15) is 0 Å². The molecule has 1 atom stereocenters. The van der Waals surface area contributed by atoms with Crippen molar-refractivity contribution < 1.29 is 0 Å². The zero-order valence-electron chi connectivity index (χ0n) is 11.1. The SMILES string of the molecule is CC#CCC(N)C(CC)(CC)N1CCCC1. The molecule has 0 spiro atoms. The Bertz CT molecular complexity index is 252. The normalized spacial score (nSPS) is 19.2. The summed E-state index contributed by atoms with van der Waals surface area (Å²) in [5.74, 6) is 6.10. The zero-order valence-corrected chi connectivity index (χ0v) is 11.1. The van der Waals surface area contributed by atoms with Crippen molar-refractivity contribution in [2.24, 2.45) is 5.73 Å². The summed E-state index contributed by atoms with van der Waals surface area (Å²) in [6.07, 6.45) is 5.75. The lowest BCUT2D eigenvalue weighted by Gasteiger charge is -2.45. The summed E-state index contributed by atoms with van der Waals surface area (Å²) >= 11 is 0. The minimum Gasteiger partial charge on any atom is -0.325 e. The largest absolute Gasteiger partial charge is 0.325 e. The number of hydrogen-bond donors (Lipinski definition) is 1. The van der Waals surface area contributed by atoms with E-state index >= 15 is 0 Å². The topological polar surface area (TPSA) is 29.3 Å². The van der Waals surface area contributed by atoms with Gasteiger partial charge in [-0.3, -0.25) is 4.90 Å². The molecule has 0 amide bonds. The lowest BCUT2D eigenvalue weighted by atomic mass is 9.82. The highest BCUT2D eigenvalue weighted by atomic mass is 15.2. The molecule has 2 N–H and O–H groups in total. The number of rotatable bonds is 5. The Hall–Kier alpha value is -0.520. The predicted molar refractivity (Wildman–Crippen MR) is 70.2 cm³/mol. The molecule has 1 aliphatic heterocycles. The summed E-state index contributed by atoms with van der Waals surface area (Å²) < 4.78 is 0. The van der Waals surface area contributed by atoms with Crippen LogP contribution in [0.5, 0.6) is 0 Å². The van der Waals surface area contributed by atoms with Gasteiger partial charge in [0.2, 0.25) is 0 Å². The second kappa shape index (κ2) is 6.27. The molecule has 16 heavy (non-hydrogen) atoms. The van der Waals surface area contributed by atoms with Crippen LogP contribution < -0.4 is 5.73 Å². The van der Waals surface area contributed by atoms with Crippen molar-refractivity contribution in [3.63, 3.8) is 0 Å². The molecular formula is C14H26N2. The van der Waals surface area contributed by atoms with Gasteiger partial charge < -0.3 is 5.73 Å². The second-order valence-electron chi connectivity index (χ2n) is 4.74. The van der Waals surface area contributed by atoms with E-state index in [4.69, 9.17) is 5.73 Å². The first-order valence-corrected chi connectivity index (χ1v) is 6.61. The van der Waals surface area contributed by atoms with E-state index in [1.54, 1.807) is 0 Å². The van der Waals surface area contributed by atoms with Crippen molar-refractivity contribution in [3.05, 3.63) is 0 Å². The Balaban J connectivity index is 2.79. The minimum atomic E-state index is 0.181. The van der Waals surface area contributed by atoms with Gasteiger partial charge in [-0.1, -0.05) is 13.8 Å². The number of nitrogens with zero attached hydrogens (tertiary/aromatic N) is 1. The highest BCUT2D eigenvalue weighted by Crippen LogP contribution is 2.31. The van der Waals surface area contributed by atoms with E-state index in [0.29, 0.717) is 0 Å². The Kier molecular flexibility index (Phi) is 5.31. The average Bonchev–Trinajstić information content (AvgIpc) is 2.83. The van der Waals surface area contributed by atoms with Crippen LogP contribution in [0.1, 0.15) is 52.9 Å². The molecule has 1 rings (SSSR count). The first-order chi connectivity index (χ1) is 7.71. The van der Waals surface area contributed by atoms with Crippen LogP contribution in [0.15, 0.2) is 0 Å². The molecule has 2 heteroatoms. The van der Waals surface area contributed by atoms with E-state index in [1.807, 2.05) is 6.92 Å². The Morgan fingerprint density at radius 3 is 2.25 bits per heavy atom. The maximum atomic E-state index is 6.40. The molecule has 92 valence electrons. The van der Waals surface area contributed by atoms with Crippen molar-refractivity contribution in [2.75, 3.05) is 13.1 Å². The fourth-order valence-electron chi connectivity index (χ4n) is 3.02. The van der Waals surface area contributed by atoms with Crippen LogP contribution in [0, 0.1) is 11.8 Å². The standard InChI is InChI=1S/C14H26N2/c1-4-7-10-13(15)14(5-2,6-3)16-11-8-9-12-16/h13H,5-6,8-12,15H2,1-3H3. The highest BCUT2D eigenvalue weighted by molar-refractivity contribution is 5.06. The summed E-state index contributed by atoms with van der Waals surface area (Å²) in [5, 5.41) is 0. The quantitative estimate of drug-likeness (QED) is 0.724. The molecule has 0 aliphatic carbocycles. The summed E-state index contributed by atoms with van der Waals surface area (Å²) in [4.78, 5) is 2.61. The first-order valence-electron chi connectivity index (χ1n) is 6.61. The number of likely N-dealkylation sites (tertiary alicyclic amines) is 1. The summed E-state index contributed by atoms with van der Waals surface area (Å²) in [7, 11) is 0. The van der Waals surface area contributed by atoms with Crippen molar-refractivity contribution >= 4 is 0 Å². The Morgan fingerprint density at radius 2 is 1.81 bits per heavy atom. The average molecular weight is 222 g/mol. The van der Waals surface area contributed by atoms with E-state index in [-0.39, 0.29) is 11.6 Å². The number of nitrogens with two attached hydrogens (primary N) is 1. The monoisotopic (exact) mass is 222 g/mol. The van der Waals surface area contributed by atoms with Crippen LogP contribution in [0.25, 0.3) is 0 Å². The molecule has 1 heterocycles. The molecule has 1 unspecified atom stereocenters. The third-order valence-electron chi connectivity index (χ3n) is 4.15. The van der Waals surface area contributed by atoms with Crippen LogP contribution in [0.4, 0.5) is 0 Å². The van der Waals surface area contributed by atoms with Crippen molar-refractivity contribution in [1.29, 1.82) is 0 Å². The van der Waals surface area contributed by atoms with Gasteiger partial charge in [-0.2, -0.15) is 0 Å². The molecule has 0 aromatic heterocycles. The number of hydrogen-bond acceptors (Lipinski definition) is 2. The highest BCUT2D eigenvalue weighted by Gasteiger charge is 2.39. The third-order valence-corrected chi connectivity index (χ3v) is 4.15. The lowest BCUT2D eigenvalue weighted by Crippen LogP contribution is -2.58. The van der Waals surface area contributed by atoms with Crippen LogP contribution in [0.3, 0.4) is 0 Å². The second-order valence-corrected chi connectivity index (χ2v) is 4.74. The molecule has 1 aliphatic rings. The molecule has 1 saturated heterocycles. The minimum absolute atomic E-state index is 0.181. The van der Waals surface area contributed by atoms with Gasteiger partial charge in [0.1, 0.15) is 0 Å². The van der Waals surface area contributed by atoms with Crippen molar-refractivity contribution in [1.82, 2.24) is 4.90 Å². The molecular weight excluding hydrogens is 196 g/mol. The van der Waals surface area contributed by atoms with Gasteiger partial charge in [-0.25, -0.2) is 0 Å². The summed E-state index contributed by atoms with van der Waals surface area (Å²) in [6.45, 7) is 8.86. The fourth-order valence-corrected chi connectivity index (χ4v) is 3.02. The van der Waals surface area contributed by atoms with Gasteiger partial charge in [-0.05, 0) is 45.7 Å². The van der Waals surface area contributed by atoms with Crippen LogP contribution in [0.2, 0.25) is 0 Å². The zero-order chi connectivity index (χ0) is 12.0. The van der Waals surface area contributed by atoms with Gasteiger partial charge in [0, 0.05) is 18.0 Å². The van der Waals surface area contributed by atoms with Gasteiger partial charge >= 0.3 is 0 Å². The van der Waals surface area contributed by atoms with Crippen molar-refractivity contribution in [2.45, 2.75) is 64.5 Å². The molecule has 2 nitrogen and oxygen atoms in total. The van der Waals surface area contributed by atoms with Crippen LogP contribution in [-0.2, 0) is 0 Å². The fraction of sp³-hybridized carbons (Fsp3) is 0.857. The van der Waals surface area contributed by atoms with Crippen molar-refractivity contribution in [3.8, 4) is 11.8 Å². The molecule has 0 saturated carbocycles. The predicted octanol–water partition coefficient (Wildman–Crippen LogP) is 2.38. The maximum Gasteiger partial charge on any atom is 0.0364 e. The molecule has 1 fully saturated rings. The van der Waals surface area contributed by atoms with Crippen LogP contribution >= 0.6 is 0 Å². The Morgan fingerprint density at radius 1 is 1.25 bits per heavy atom. The van der Waals surface area contributed by atoms with E-state index in [2.05, 4.69) is 30.6 Å². The molecule has 0 radical (unpaired) electrons. The molecule has 0 aromatic rings. The Labute approximate surface area is 101 Å². The van der Waals surface area contributed by atoms with E-state index < -0.39 is 0 Å².